The smallest absolute Gasteiger partial charge is 0.255 e. The molecule has 19 heavy (non-hydrogen) atoms. The van der Waals surface area contributed by atoms with Crippen molar-refractivity contribution in [2.75, 3.05) is 26.7 Å². The highest BCUT2D eigenvalue weighted by Gasteiger charge is 2.20. The summed E-state index contributed by atoms with van der Waals surface area (Å²) >= 11 is 6.15. The molecule has 0 radical (unpaired) electrons. The Balaban J connectivity index is 2.01. The predicted octanol–water partition coefficient (Wildman–Crippen LogP) is 2.72. The lowest BCUT2D eigenvalue weighted by Crippen LogP contribution is -2.37. The fourth-order valence-corrected chi connectivity index (χ4v) is 2.85. The van der Waals surface area contributed by atoms with E-state index in [-0.39, 0.29) is 5.91 Å². The van der Waals surface area contributed by atoms with Gasteiger partial charge in [0, 0.05) is 13.6 Å². The monoisotopic (exact) mass is 280 g/mol. The van der Waals surface area contributed by atoms with E-state index in [0.29, 0.717) is 16.5 Å². The van der Waals surface area contributed by atoms with Crippen LogP contribution >= 0.6 is 11.6 Å². The lowest BCUT2D eigenvalue weighted by Gasteiger charge is -2.27. The van der Waals surface area contributed by atoms with Crippen LogP contribution in [0.1, 0.15) is 28.8 Å². The molecule has 1 aliphatic heterocycles. The Kier molecular flexibility index (Phi) is 4.83. The van der Waals surface area contributed by atoms with Gasteiger partial charge in [-0.05, 0) is 56.5 Å². The first-order valence-corrected chi connectivity index (χ1v) is 7.18. The number of halogens is 1. The highest BCUT2D eigenvalue weighted by Crippen LogP contribution is 2.20. The number of piperidine rings is 1. The molecular formula is C15H21ClN2O. The third-order valence-electron chi connectivity index (χ3n) is 3.69. The molecular weight excluding hydrogens is 260 g/mol. The molecule has 1 saturated heterocycles. The lowest BCUT2D eigenvalue weighted by atomic mass is 9.97. The lowest BCUT2D eigenvalue weighted by molar-refractivity contribution is 0.0763. The summed E-state index contributed by atoms with van der Waals surface area (Å²) in [7, 11) is 1.86. The molecule has 1 N–H and O–H groups in total. The van der Waals surface area contributed by atoms with Gasteiger partial charge in [-0.2, -0.15) is 0 Å². The topological polar surface area (TPSA) is 32.3 Å². The Morgan fingerprint density at radius 2 is 2.11 bits per heavy atom. The van der Waals surface area contributed by atoms with Crippen LogP contribution in [0.3, 0.4) is 0 Å². The number of amides is 1. The summed E-state index contributed by atoms with van der Waals surface area (Å²) in [5.41, 5.74) is 1.67. The summed E-state index contributed by atoms with van der Waals surface area (Å²) in [5.74, 6) is 0.614. The second-order valence-corrected chi connectivity index (χ2v) is 5.77. The van der Waals surface area contributed by atoms with Crippen molar-refractivity contribution >= 4 is 17.5 Å². The van der Waals surface area contributed by atoms with Gasteiger partial charge in [-0.15, -0.1) is 0 Å². The maximum Gasteiger partial charge on any atom is 0.255 e. The van der Waals surface area contributed by atoms with Crippen LogP contribution in [0.2, 0.25) is 5.02 Å². The molecule has 4 heteroatoms. The molecule has 0 aromatic heterocycles. The molecule has 1 fully saturated rings. The first-order chi connectivity index (χ1) is 9.08. The number of hydrogen-bond donors (Lipinski definition) is 1. The molecule has 0 atom stereocenters. The summed E-state index contributed by atoms with van der Waals surface area (Å²) in [6.45, 7) is 4.89. The second-order valence-electron chi connectivity index (χ2n) is 5.36. The van der Waals surface area contributed by atoms with E-state index in [2.05, 4.69) is 5.32 Å². The minimum atomic E-state index is 0.0172. The van der Waals surface area contributed by atoms with Crippen molar-refractivity contribution in [3.05, 3.63) is 34.3 Å². The zero-order chi connectivity index (χ0) is 13.8. The van der Waals surface area contributed by atoms with Crippen LogP contribution in [0.15, 0.2) is 18.2 Å². The molecule has 1 aliphatic rings. The van der Waals surface area contributed by atoms with Crippen LogP contribution in [-0.4, -0.2) is 37.5 Å². The quantitative estimate of drug-likeness (QED) is 0.923. The van der Waals surface area contributed by atoms with E-state index in [1.807, 2.05) is 32.2 Å². The van der Waals surface area contributed by atoms with Crippen LogP contribution < -0.4 is 5.32 Å². The Labute approximate surface area is 119 Å². The Morgan fingerprint density at radius 3 is 2.74 bits per heavy atom. The molecule has 104 valence electrons. The fourth-order valence-electron chi connectivity index (χ4n) is 2.53. The Morgan fingerprint density at radius 1 is 1.42 bits per heavy atom. The van der Waals surface area contributed by atoms with Crippen molar-refractivity contribution < 1.29 is 4.79 Å². The average molecular weight is 281 g/mol. The average Bonchev–Trinajstić information content (AvgIpc) is 2.39. The molecule has 3 nitrogen and oxygen atoms in total. The summed E-state index contributed by atoms with van der Waals surface area (Å²) in [4.78, 5) is 14.2. The number of rotatable bonds is 3. The SMILES string of the molecule is Cc1ccc(C(=O)N(C)CC2CCNCC2)c(Cl)c1. The van der Waals surface area contributed by atoms with E-state index in [9.17, 15) is 4.79 Å². The van der Waals surface area contributed by atoms with Crippen molar-refractivity contribution in [3.8, 4) is 0 Å². The van der Waals surface area contributed by atoms with E-state index >= 15 is 0 Å². The molecule has 0 saturated carbocycles. The highest BCUT2D eigenvalue weighted by atomic mass is 35.5. The Hall–Kier alpha value is -1.06. The van der Waals surface area contributed by atoms with Gasteiger partial charge in [0.15, 0.2) is 0 Å². The van der Waals surface area contributed by atoms with E-state index in [1.54, 1.807) is 4.90 Å². The molecule has 0 spiro atoms. The van der Waals surface area contributed by atoms with Gasteiger partial charge < -0.3 is 10.2 Å². The van der Waals surface area contributed by atoms with Gasteiger partial charge >= 0.3 is 0 Å². The van der Waals surface area contributed by atoms with E-state index in [1.165, 1.54) is 0 Å². The van der Waals surface area contributed by atoms with Gasteiger partial charge in [-0.3, -0.25) is 4.79 Å². The fraction of sp³-hybridized carbons (Fsp3) is 0.533. The summed E-state index contributed by atoms with van der Waals surface area (Å²) in [5, 5.41) is 3.88. The maximum atomic E-state index is 12.4. The van der Waals surface area contributed by atoms with Gasteiger partial charge in [0.25, 0.3) is 5.91 Å². The number of aryl methyl sites for hydroxylation is 1. The van der Waals surface area contributed by atoms with Crippen LogP contribution in [0, 0.1) is 12.8 Å². The van der Waals surface area contributed by atoms with Crippen molar-refractivity contribution in [1.29, 1.82) is 0 Å². The molecule has 1 heterocycles. The molecule has 0 bridgehead atoms. The third-order valence-corrected chi connectivity index (χ3v) is 4.01. The van der Waals surface area contributed by atoms with E-state index < -0.39 is 0 Å². The number of nitrogens with one attached hydrogen (secondary N) is 1. The normalized spacial score (nSPS) is 16.4. The number of benzene rings is 1. The highest BCUT2D eigenvalue weighted by molar-refractivity contribution is 6.33. The maximum absolute atomic E-state index is 12.4. The van der Waals surface area contributed by atoms with Crippen LogP contribution in [0.25, 0.3) is 0 Å². The van der Waals surface area contributed by atoms with Gasteiger partial charge in [0.05, 0.1) is 10.6 Å². The molecule has 1 aromatic carbocycles. The minimum Gasteiger partial charge on any atom is -0.341 e. The van der Waals surface area contributed by atoms with Gasteiger partial charge in [0.1, 0.15) is 0 Å². The van der Waals surface area contributed by atoms with Crippen LogP contribution in [-0.2, 0) is 0 Å². The zero-order valence-electron chi connectivity index (χ0n) is 11.6. The van der Waals surface area contributed by atoms with Gasteiger partial charge in [-0.25, -0.2) is 0 Å². The van der Waals surface area contributed by atoms with Crippen LogP contribution in [0.4, 0.5) is 0 Å². The molecule has 1 aromatic rings. The number of carbonyl (C=O) groups excluding carboxylic acids is 1. The molecule has 0 aliphatic carbocycles. The first-order valence-electron chi connectivity index (χ1n) is 6.80. The van der Waals surface area contributed by atoms with Crippen molar-refractivity contribution in [1.82, 2.24) is 10.2 Å². The largest absolute Gasteiger partial charge is 0.341 e. The second kappa shape index (κ2) is 6.40. The van der Waals surface area contributed by atoms with Crippen molar-refractivity contribution in [3.63, 3.8) is 0 Å². The van der Waals surface area contributed by atoms with Gasteiger partial charge in [-0.1, -0.05) is 17.7 Å². The van der Waals surface area contributed by atoms with Crippen molar-refractivity contribution in [2.45, 2.75) is 19.8 Å². The molecule has 2 rings (SSSR count). The third kappa shape index (κ3) is 3.71. The first kappa shape index (κ1) is 14.4. The molecule has 0 unspecified atom stereocenters. The zero-order valence-corrected chi connectivity index (χ0v) is 12.3. The van der Waals surface area contributed by atoms with E-state index in [4.69, 9.17) is 11.6 Å². The van der Waals surface area contributed by atoms with Crippen molar-refractivity contribution in [2.24, 2.45) is 5.92 Å². The summed E-state index contributed by atoms with van der Waals surface area (Å²) in [6.07, 6.45) is 2.28. The minimum absolute atomic E-state index is 0.0172. The number of carbonyl (C=O) groups is 1. The number of hydrogen-bond acceptors (Lipinski definition) is 2. The van der Waals surface area contributed by atoms with Crippen LogP contribution in [0.5, 0.6) is 0 Å². The van der Waals surface area contributed by atoms with E-state index in [0.717, 1.165) is 38.0 Å². The standard InChI is InChI=1S/C15H21ClN2O/c1-11-3-4-13(14(16)9-11)15(19)18(2)10-12-5-7-17-8-6-12/h3-4,9,12,17H,5-8,10H2,1-2H3. The summed E-state index contributed by atoms with van der Waals surface area (Å²) in [6, 6.07) is 5.59. The number of nitrogens with zero attached hydrogens (tertiary/aromatic N) is 1. The summed E-state index contributed by atoms with van der Waals surface area (Å²) < 4.78 is 0. The Bertz CT molecular complexity index is 455. The van der Waals surface area contributed by atoms with Gasteiger partial charge in [0.2, 0.25) is 0 Å². The molecule has 1 amide bonds. The predicted molar refractivity (Wildman–Crippen MR) is 78.7 cm³/mol.